The molecule has 5 nitrogen and oxygen atoms in total. The van der Waals surface area contributed by atoms with Crippen molar-refractivity contribution in [3.05, 3.63) is 0 Å². The molecular formula is C8H17N3O2. The zero-order valence-corrected chi connectivity index (χ0v) is 8.09. The van der Waals surface area contributed by atoms with Crippen LogP contribution in [-0.2, 0) is 9.59 Å². The van der Waals surface area contributed by atoms with Crippen molar-refractivity contribution in [1.82, 2.24) is 10.6 Å². The highest BCUT2D eigenvalue weighted by molar-refractivity contribution is 6.35. The van der Waals surface area contributed by atoms with Crippen LogP contribution in [0.15, 0.2) is 0 Å². The summed E-state index contributed by atoms with van der Waals surface area (Å²) in [5.41, 5.74) is 5.16. The topological polar surface area (TPSA) is 84.2 Å². The Morgan fingerprint density at radius 2 is 2.00 bits per heavy atom. The van der Waals surface area contributed by atoms with E-state index >= 15 is 0 Å². The quantitative estimate of drug-likeness (QED) is 0.492. The fourth-order valence-electron chi connectivity index (χ4n) is 0.657. The van der Waals surface area contributed by atoms with Crippen molar-refractivity contribution in [1.29, 1.82) is 0 Å². The summed E-state index contributed by atoms with van der Waals surface area (Å²) in [6.45, 7) is 4.44. The Kier molecular flexibility index (Phi) is 5.88. The highest BCUT2D eigenvalue weighted by atomic mass is 16.2. The molecule has 0 heterocycles. The molecule has 76 valence electrons. The molecular weight excluding hydrogens is 170 g/mol. The number of nitrogens with two attached hydrogens (primary N) is 1. The van der Waals surface area contributed by atoms with E-state index in [1.54, 1.807) is 0 Å². The lowest BCUT2D eigenvalue weighted by atomic mass is 10.2. The minimum Gasteiger partial charge on any atom is -0.347 e. The third-order valence-corrected chi connectivity index (χ3v) is 1.63. The number of carbonyl (C=O) groups is 2. The lowest BCUT2D eigenvalue weighted by molar-refractivity contribution is -0.139. The van der Waals surface area contributed by atoms with Crippen molar-refractivity contribution in [3.8, 4) is 0 Å². The number of carbonyl (C=O) groups excluding carboxylic acids is 2. The Labute approximate surface area is 78.1 Å². The maximum Gasteiger partial charge on any atom is 0.309 e. The normalized spacial score (nSPS) is 11.9. The first kappa shape index (κ1) is 11.9. The molecule has 0 aromatic carbocycles. The minimum absolute atomic E-state index is 0.0242. The van der Waals surface area contributed by atoms with E-state index in [4.69, 9.17) is 5.73 Å². The molecule has 0 rings (SSSR count). The van der Waals surface area contributed by atoms with Crippen LogP contribution in [-0.4, -0.2) is 30.9 Å². The van der Waals surface area contributed by atoms with Crippen LogP contribution in [0.5, 0.6) is 0 Å². The first-order valence-corrected chi connectivity index (χ1v) is 4.40. The van der Waals surface area contributed by atoms with Crippen LogP contribution in [0.25, 0.3) is 0 Å². The monoisotopic (exact) mass is 187 g/mol. The second-order valence-corrected chi connectivity index (χ2v) is 2.83. The van der Waals surface area contributed by atoms with Gasteiger partial charge in [-0.1, -0.05) is 6.92 Å². The van der Waals surface area contributed by atoms with Crippen molar-refractivity contribution >= 4 is 11.8 Å². The number of hydrogen-bond donors (Lipinski definition) is 3. The van der Waals surface area contributed by atoms with Gasteiger partial charge in [0, 0.05) is 19.1 Å². The average Bonchev–Trinajstić information content (AvgIpc) is 2.13. The summed E-state index contributed by atoms with van der Waals surface area (Å²) in [6.07, 6.45) is 0.801. The molecule has 0 radical (unpaired) electrons. The van der Waals surface area contributed by atoms with E-state index in [-0.39, 0.29) is 6.04 Å². The fourth-order valence-corrected chi connectivity index (χ4v) is 0.657. The molecule has 0 saturated heterocycles. The molecule has 0 aliphatic rings. The molecule has 4 N–H and O–H groups in total. The smallest absolute Gasteiger partial charge is 0.309 e. The molecule has 0 fully saturated rings. The average molecular weight is 187 g/mol. The Morgan fingerprint density at radius 1 is 1.38 bits per heavy atom. The highest BCUT2D eigenvalue weighted by Gasteiger charge is 2.13. The summed E-state index contributed by atoms with van der Waals surface area (Å²) in [6, 6.07) is 0.0242. The van der Waals surface area contributed by atoms with Gasteiger partial charge in [0.1, 0.15) is 0 Å². The number of nitrogens with one attached hydrogen (secondary N) is 2. The molecule has 1 atom stereocenters. The second-order valence-electron chi connectivity index (χ2n) is 2.83. The Morgan fingerprint density at radius 3 is 2.46 bits per heavy atom. The summed E-state index contributed by atoms with van der Waals surface area (Å²) in [4.78, 5) is 22.0. The summed E-state index contributed by atoms with van der Waals surface area (Å²) >= 11 is 0. The first-order chi connectivity index (χ1) is 6.11. The van der Waals surface area contributed by atoms with Gasteiger partial charge in [0.05, 0.1) is 0 Å². The van der Waals surface area contributed by atoms with Crippen molar-refractivity contribution < 1.29 is 9.59 Å². The van der Waals surface area contributed by atoms with Gasteiger partial charge in [-0.15, -0.1) is 0 Å². The van der Waals surface area contributed by atoms with E-state index in [0.29, 0.717) is 13.1 Å². The van der Waals surface area contributed by atoms with Crippen molar-refractivity contribution in [2.24, 2.45) is 5.73 Å². The molecule has 5 heteroatoms. The van der Waals surface area contributed by atoms with E-state index in [9.17, 15) is 9.59 Å². The number of amides is 2. The Balaban J connectivity index is 3.76. The van der Waals surface area contributed by atoms with Gasteiger partial charge >= 0.3 is 11.8 Å². The predicted molar refractivity (Wildman–Crippen MR) is 50.0 cm³/mol. The van der Waals surface area contributed by atoms with Crippen molar-refractivity contribution in [2.75, 3.05) is 13.1 Å². The van der Waals surface area contributed by atoms with Gasteiger partial charge in [0.25, 0.3) is 0 Å². The zero-order chi connectivity index (χ0) is 10.3. The van der Waals surface area contributed by atoms with Gasteiger partial charge in [0.2, 0.25) is 0 Å². The highest BCUT2D eigenvalue weighted by Crippen LogP contribution is 1.86. The lowest BCUT2D eigenvalue weighted by Gasteiger charge is -2.10. The van der Waals surface area contributed by atoms with Gasteiger partial charge in [-0.2, -0.15) is 0 Å². The summed E-state index contributed by atoms with van der Waals surface area (Å²) in [7, 11) is 0. The zero-order valence-electron chi connectivity index (χ0n) is 8.09. The van der Waals surface area contributed by atoms with Crippen LogP contribution >= 0.6 is 0 Å². The lowest BCUT2D eigenvalue weighted by Crippen LogP contribution is -2.44. The van der Waals surface area contributed by atoms with Gasteiger partial charge < -0.3 is 16.4 Å². The Bertz CT molecular complexity index is 182. The van der Waals surface area contributed by atoms with E-state index in [1.807, 2.05) is 13.8 Å². The van der Waals surface area contributed by atoms with Crippen LogP contribution in [0.4, 0.5) is 0 Å². The third kappa shape index (κ3) is 5.19. The predicted octanol–water partition coefficient (Wildman–Crippen LogP) is -1.02. The van der Waals surface area contributed by atoms with Crippen LogP contribution < -0.4 is 16.4 Å². The number of rotatable bonds is 4. The van der Waals surface area contributed by atoms with Crippen LogP contribution in [0.2, 0.25) is 0 Å². The minimum atomic E-state index is -0.620. The van der Waals surface area contributed by atoms with Gasteiger partial charge in [0.15, 0.2) is 0 Å². The molecule has 2 amide bonds. The molecule has 13 heavy (non-hydrogen) atoms. The molecule has 0 bridgehead atoms. The molecule has 0 aromatic rings. The standard InChI is InChI=1S/C8H17N3O2/c1-3-6(2)11-8(13)7(12)10-5-4-9/h6H,3-5,9H2,1-2H3,(H,10,12)(H,11,13). The van der Waals surface area contributed by atoms with E-state index in [2.05, 4.69) is 10.6 Å². The first-order valence-electron chi connectivity index (χ1n) is 4.40. The largest absolute Gasteiger partial charge is 0.347 e. The molecule has 1 unspecified atom stereocenters. The van der Waals surface area contributed by atoms with Gasteiger partial charge in [-0.05, 0) is 13.3 Å². The van der Waals surface area contributed by atoms with Crippen molar-refractivity contribution in [2.45, 2.75) is 26.3 Å². The van der Waals surface area contributed by atoms with Gasteiger partial charge in [-0.3, -0.25) is 9.59 Å². The van der Waals surface area contributed by atoms with Crippen LogP contribution in [0.1, 0.15) is 20.3 Å². The molecule has 0 aromatic heterocycles. The van der Waals surface area contributed by atoms with E-state index < -0.39 is 11.8 Å². The van der Waals surface area contributed by atoms with Crippen LogP contribution in [0, 0.1) is 0 Å². The molecule has 0 spiro atoms. The Hall–Kier alpha value is -1.10. The molecule has 0 aliphatic carbocycles. The summed E-state index contributed by atoms with van der Waals surface area (Å²) in [5.74, 6) is -1.21. The fraction of sp³-hybridized carbons (Fsp3) is 0.750. The van der Waals surface area contributed by atoms with Gasteiger partial charge in [-0.25, -0.2) is 0 Å². The molecule has 0 aliphatic heterocycles. The molecule has 0 saturated carbocycles. The number of hydrogen-bond acceptors (Lipinski definition) is 3. The maximum atomic E-state index is 11.1. The second kappa shape index (κ2) is 6.42. The van der Waals surface area contributed by atoms with Crippen molar-refractivity contribution in [3.63, 3.8) is 0 Å². The van der Waals surface area contributed by atoms with Crippen LogP contribution in [0.3, 0.4) is 0 Å². The summed E-state index contributed by atoms with van der Waals surface area (Å²) in [5, 5.41) is 4.93. The third-order valence-electron chi connectivity index (χ3n) is 1.63. The van der Waals surface area contributed by atoms with E-state index in [1.165, 1.54) is 0 Å². The summed E-state index contributed by atoms with van der Waals surface area (Å²) < 4.78 is 0. The maximum absolute atomic E-state index is 11.1. The SMILES string of the molecule is CCC(C)NC(=O)C(=O)NCCN. The van der Waals surface area contributed by atoms with E-state index in [0.717, 1.165) is 6.42 Å².